The number of hydrogen-bond donors (Lipinski definition) is 1. The largest absolute Gasteiger partial charge is 0.476 e. The molecule has 0 aliphatic carbocycles. The van der Waals surface area contributed by atoms with Crippen LogP contribution in [-0.4, -0.2) is 33.6 Å². The average Bonchev–Trinajstić information content (AvgIpc) is 2.93. The predicted octanol–water partition coefficient (Wildman–Crippen LogP) is 2.55. The summed E-state index contributed by atoms with van der Waals surface area (Å²) in [4.78, 5) is 11.7. The number of hydrogen-bond acceptors (Lipinski definition) is 5. The minimum atomic E-state index is -3.78. The lowest BCUT2D eigenvalue weighted by Gasteiger charge is -2.12. The first-order chi connectivity index (χ1) is 10.8. The molecule has 6 nitrogen and oxygen atoms in total. The Balaban J connectivity index is 2.37. The zero-order valence-electron chi connectivity index (χ0n) is 12.7. The van der Waals surface area contributed by atoms with Crippen LogP contribution in [0.25, 0.3) is 0 Å². The molecule has 1 aliphatic heterocycles. The molecule has 128 valence electrons. The SMILES string of the molecule is CCCNS(=O)(=O)c1cc2c(c(Cl)c1Cl)OC(C(=O)OCC)C2. The Labute approximate surface area is 145 Å². The summed E-state index contributed by atoms with van der Waals surface area (Å²) >= 11 is 12.2. The third kappa shape index (κ3) is 3.74. The van der Waals surface area contributed by atoms with E-state index in [4.69, 9.17) is 32.7 Å². The van der Waals surface area contributed by atoms with Gasteiger partial charge in [-0.1, -0.05) is 30.1 Å². The summed E-state index contributed by atoms with van der Waals surface area (Å²) in [5.41, 5.74) is 0.509. The number of fused-ring (bicyclic) bond motifs is 1. The van der Waals surface area contributed by atoms with Crippen LogP contribution in [0, 0.1) is 0 Å². The van der Waals surface area contributed by atoms with E-state index in [-0.39, 0.29) is 40.3 Å². The van der Waals surface area contributed by atoms with Gasteiger partial charge in [0.2, 0.25) is 10.0 Å². The van der Waals surface area contributed by atoms with Crippen LogP contribution in [0.2, 0.25) is 10.0 Å². The van der Waals surface area contributed by atoms with Gasteiger partial charge in [-0.25, -0.2) is 17.9 Å². The van der Waals surface area contributed by atoms with Gasteiger partial charge in [0.05, 0.1) is 11.6 Å². The van der Waals surface area contributed by atoms with E-state index in [0.717, 1.165) is 0 Å². The molecule has 0 fully saturated rings. The van der Waals surface area contributed by atoms with Crippen LogP contribution in [0.3, 0.4) is 0 Å². The molecule has 0 saturated carbocycles. The van der Waals surface area contributed by atoms with Crippen molar-refractivity contribution in [3.05, 3.63) is 21.7 Å². The Morgan fingerprint density at radius 3 is 2.70 bits per heavy atom. The van der Waals surface area contributed by atoms with Crippen molar-refractivity contribution in [1.82, 2.24) is 4.72 Å². The number of sulfonamides is 1. The molecule has 1 atom stereocenters. The molecule has 23 heavy (non-hydrogen) atoms. The van der Waals surface area contributed by atoms with E-state index in [1.807, 2.05) is 6.92 Å². The van der Waals surface area contributed by atoms with Crippen LogP contribution in [0.4, 0.5) is 0 Å². The van der Waals surface area contributed by atoms with Crippen LogP contribution < -0.4 is 9.46 Å². The van der Waals surface area contributed by atoms with E-state index >= 15 is 0 Å². The highest BCUT2D eigenvalue weighted by Crippen LogP contribution is 2.43. The van der Waals surface area contributed by atoms with Crippen LogP contribution >= 0.6 is 23.2 Å². The number of carbonyl (C=O) groups excluding carboxylic acids is 1. The Bertz CT molecular complexity index is 720. The van der Waals surface area contributed by atoms with Crippen LogP contribution in [0.15, 0.2) is 11.0 Å². The molecule has 0 bridgehead atoms. The zero-order chi connectivity index (χ0) is 17.2. The van der Waals surface area contributed by atoms with Crippen molar-refractivity contribution in [1.29, 1.82) is 0 Å². The van der Waals surface area contributed by atoms with Crippen molar-refractivity contribution >= 4 is 39.2 Å². The quantitative estimate of drug-likeness (QED) is 0.765. The van der Waals surface area contributed by atoms with Gasteiger partial charge < -0.3 is 9.47 Å². The van der Waals surface area contributed by atoms with Crippen molar-refractivity contribution in [3.63, 3.8) is 0 Å². The van der Waals surface area contributed by atoms with Crippen molar-refractivity contribution < 1.29 is 22.7 Å². The van der Waals surface area contributed by atoms with E-state index in [9.17, 15) is 13.2 Å². The van der Waals surface area contributed by atoms with Crippen molar-refractivity contribution in [3.8, 4) is 5.75 Å². The van der Waals surface area contributed by atoms with Crippen LogP contribution in [0.5, 0.6) is 5.75 Å². The van der Waals surface area contributed by atoms with Gasteiger partial charge in [-0.15, -0.1) is 0 Å². The first-order valence-electron chi connectivity index (χ1n) is 7.15. The smallest absolute Gasteiger partial charge is 0.347 e. The molecule has 2 rings (SSSR count). The molecule has 0 saturated heterocycles. The number of rotatable bonds is 6. The molecule has 1 aromatic rings. The Morgan fingerprint density at radius 1 is 1.39 bits per heavy atom. The van der Waals surface area contributed by atoms with Gasteiger partial charge in [-0.3, -0.25) is 0 Å². The predicted molar refractivity (Wildman–Crippen MR) is 86.7 cm³/mol. The lowest BCUT2D eigenvalue weighted by molar-refractivity contribution is -0.150. The lowest BCUT2D eigenvalue weighted by Crippen LogP contribution is -2.27. The van der Waals surface area contributed by atoms with E-state index in [2.05, 4.69) is 4.72 Å². The Hall–Kier alpha value is -1.02. The Kier molecular flexibility index (Phi) is 5.78. The summed E-state index contributed by atoms with van der Waals surface area (Å²) in [6.45, 7) is 4.05. The first kappa shape index (κ1) is 18.3. The van der Waals surface area contributed by atoms with Crippen molar-refractivity contribution in [2.75, 3.05) is 13.2 Å². The standard InChI is InChI=1S/C14H17Cl2NO5S/c1-3-5-17-23(19,20)10-7-8-6-9(14(18)21-4-2)22-13(8)12(16)11(10)15/h7,9,17H,3-6H2,1-2H3. The van der Waals surface area contributed by atoms with Gasteiger partial charge in [-0.2, -0.15) is 0 Å². The van der Waals surface area contributed by atoms with Gasteiger partial charge in [0.25, 0.3) is 0 Å². The molecule has 1 aliphatic rings. The monoisotopic (exact) mass is 381 g/mol. The number of nitrogens with one attached hydrogen (secondary N) is 1. The molecule has 1 aromatic carbocycles. The fourth-order valence-corrected chi connectivity index (χ4v) is 4.21. The maximum absolute atomic E-state index is 12.3. The highest BCUT2D eigenvalue weighted by Gasteiger charge is 2.35. The number of ether oxygens (including phenoxy) is 2. The molecule has 1 unspecified atom stereocenters. The van der Waals surface area contributed by atoms with Gasteiger partial charge in [0.1, 0.15) is 15.7 Å². The molecular formula is C14H17Cl2NO5S. The maximum atomic E-state index is 12.3. The zero-order valence-corrected chi connectivity index (χ0v) is 15.0. The molecule has 0 amide bonds. The molecule has 0 radical (unpaired) electrons. The van der Waals surface area contributed by atoms with Crippen LogP contribution in [0.1, 0.15) is 25.8 Å². The van der Waals surface area contributed by atoms with E-state index < -0.39 is 22.1 Å². The second-order valence-electron chi connectivity index (χ2n) is 4.95. The van der Waals surface area contributed by atoms with Gasteiger partial charge >= 0.3 is 5.97 Å². The van der Waals surface area contributed by atoms with Gasteiger partial charge in [0, 0.05) is 18.5 Å². The van der Waals surface area contributed by atoms with E-state index in [1.165, 1.54) is 6.07 Å². The summed E-state index contributed by atoms with van der Waals surface area (Å²) in [5, 5.41) is -0.147. The molecular weight excluding hydrogens is 365 g/mol. The summed E-state index contributed by atoms with van der Waals surface area (Å²) in [6, 6.07) is 1.39. The van der Waals surface area contributed by atoms with Crippen molar-refractivity contribution in [2.45, 2.75) is 37.7 Å². The topological polar surface area (TPSA) is 81.7 Å². The van der Waals surface area contributed by atoms with E-state index in [1.54, 1.807) is 6.92 Å². The molecule has 1 N–H and O–H groups in total. The first-order valence-corrected chi connectivity index (χ1v) is 9.39. The highest BCUT2D eigenvalue weighted by atomic mass is 35.5. The molecule has 1 heterocycles. The molecule has 9 heteroatoms. The number of esters is 1. The summed E-state index contributed by atoms with van der Waals surface area (Å²) in [7, 11) is -3.78. The minimum Gasteiger partial charge on any atom is -0.476 e. The third-order valence-corrected chi connectivity index (χ3v) is 5.70. The van der Waals surface area contributed by atoms with Crippen LogP contribution in [-0.2, 0) is 26.0 Å². The fourth-order valence-electron chi connectivity index (χ4n) is 2.18. The lowest BCUT2D eigenvalue weighted by atomic mass is 10.1. The van der Waals surface area contributed by atoms with Crippen molar-refractivity contribution in [2.24, 2.45) is 0 Å². The Morgan fingerprint density at radius 2 is 2.09 bits per heavy atom. The maximum Gasteiger partial charge on any atom is 0.347 e. The van der Waals surface area contributed by atoms with Gasteiger partial charge in [-0.05, 0) is 19.4 Å². The second-order valence-corrected chi connectivity index (χ2v) is 7.44. The summed E-state index contributed by atoms with van der Waals surface area (Å²) in [5.74, 6) is -0.298. The third-order valence-electron chi connectivity index (χ3n) is 3.25. The second kappa shape index (κ2) is 7.25. The van der Waals surface area contributed by atoms with Gasteiger partial charge in [0.15, 0.2) is 6.10 Å². The number of benzene rings is 1. The average molecular weight is 382 g/mol. The summed E-state index contributed by atoms with van der Waals surface area (Å²) in [6.07, 6.45) is -0.0228. The minimum absolute atomic E-state index is 0.0205. The molecule has 0 aromatic heterocycles. The number of halogens is 2. The number of carbonyl (C=O) groups is 1. The van der Waals surface area contributed by atoms with E-state index in [0.29, 0.717) is 12.0 Å². The summed E-state index contributed by atoms with van der Waals surface area (Å²) < 4.78 is 37.4. The molecule has 0 spiro atoms. The highest BCUT2D eigenvalue weighted by molar-refractivity contribution is 7.89. The fraction of sp³-hybridized carbons (Fsp3) is 0.500. The normalized spacial score (nSPS) is 16.8.